The highest BCUT2D eigenvalue weighted by Gasteiger charge is 2.09. The van der Waals surface area contributed by atoms with Crippen molar-refractivity contribution in [2.24, 2.45) is 4.99 Å². The number of amides is 1. The first kappa shape index (κ1) is 24.4. The van der Waals surface area contributed by atoms with E-state index in [4.69, 9.17) is 39.5 Å². The van der Waals surface area contributed by atoms with E-state index in [1.165, 1.54) is 0 Å². The van der Waals surface area contributed by atoms with Crippen LogP contribution >= 0.6 is 58.8 Å². The third-order valence-electron chi connectivity index (χ3n) is 2.70. The summed E-state index contributed by atoms with van der Waals surface area (Å²) in [6, 6.07) is 3.13. The fraction of sp³-hybridized carbons (Fsp3) is 0.467. The number of benzene rings is 1. The van der Waals surface area contributed by atoms with Gasteiger partial charge in [0.25, 0.3) is 0 Å². The number of rotatable bonds is 8. The lowest BCUT2D eigenvalue weighted by Gasteiger charge is -2.13. The van der Waals surface area contributed by atoms with Gasteiger partial charge >= 0.3 is 0 Å². The minimum Gasteiger partial charge on any atom is -0.489 e. The van der Waals surface area contributed by atoms with Crippen molar-refractivity contribution < 1.29 is 9.53 Å². The summed E-state index contributed by atoms with van der Waals surface area (Å²) in [7, 11) is 0. The summed E-state index contributed by atoms with van der Waals surface area (Å²) in [6.07, 6.45) is 0. The number of hydrogen-bond donors (Lipinski definition) is 3. The van der Waals surface area contributed by atoms with Crippen LogP contribution in [0.2, 0.25) is 15.1 Å². The molecular formula is C15H22Cl3IN4O2. The molecule has 3 N–H and O–H groups in total. The van der Waals surface area contributed by atoms with Crippen molar-refractivity contribution in [1.82, 2.24) is 16.0 Å². The lowest BCUT2D eigenvalue weighted by molar-refractivity contribution is -0.119. The van der Waals surface area contributed by atoms with Crippen LogP contribution in [0.5, 0.6) is 5.75 Å². The number of carbonyl (C=O) groups excluding carboxylic acids is 1. The van der Waals surface area contributed by atoms with Gasteiger partial charge in [0.1, 0.15) is 13.2 Å². The molecule has 0 unspecified atom stereocenters. The van der Waals surface area contributed by atoms with Gasteiger partial charge in [-0.2, -0.15) is 0 Å². The molecule has 0 aromatic heterocycles. The first-order valence-electron chi connectivity index (χ1n) is 7.54. The van der Waals surface area contributed by atoms with Gasteiger partial charge in [0.2, 0.25) is 5.91 Å². The van der Waals surface area contributed by atoms with Crippen LogP contribution in [0.3, 0.4) is 0 Å². The molecular weight excluding hydrogens is 501 g/mol. The molecule has 0 atom stereocenters. The van der Waals surface area contributed by atoms with Crippen molar-refractivity contribution in [3.05, 3.63) is 27.2 Å². The highest BCUT2D eigenvalue weighted by atomic mass is 127. The second-order valence-corrected chi connectivity index (χ2v) is 5.87. The maximum atomic E-state index is 11.4. The predicted molar refractivity (Wildman–Crippen MR) is 115 cm³/mol. The average Bonchev–Trinajstić information content (AvgIpc) is 2.51. The van der Waals surface area contributed by atoms with Crippen LogP contribution in [0, 0.1) is 0 Å². The molecule has 142 valence electrons. The summed E-state index contributed by atoms with van der Waals surface area (Å²) in [5, 5.41) is 9.93. The highest BCUT2D eigenvalue weighted by molar-refractivity contribution is 14.0. The monoisotopic (exact) mass is 522 g/mol. The molecule has 0 spiro atoms. The van der Waals surface area contributed by atoms with Gasteiger partial charge in [-0.1, -0.05) is 34.8 Å². The van der Waals surface area contributed by atoms with Crippen molar-refractivity contribution in [1.29, 1.82) is 0 Å². The lowest BCUT2D eigenvalue weighted by atomic mass is 10.3. The Morgan fingerprint density at radius 2 is 1.68 bits per heavy atom. The Bertz CT molecular complexity index is 565. The van der Waals surface area contributed by atoms with Crippen molar-refractivity contribution in [3.8, 4) is 5.75 Å². The van der Waals surface area contributed by atoms with Gasteiger partial charge in [0, 0.05) is 18.1 Å². The van der Waals surface area contributed by atoms with Crippen molar-refractivity contribution in [2.75, 3.05) is 32.8 Å². The number of nitrogens with one attached hydrogen (secondary N) is 3. The number of carbonyl (C=O) groups is 1. The van der Waals surface area contributed by atoms with Crippen molar-refractivity contribution >= 4 is 70.6 Å². The van der Waals surface area contributed by atoms with Crippen molar-refractivity contribution in [3.63, 3.8) is 0 Å². The molecule has 0 radical (unpaired) electrons. The zero-order valence-corrected chi connectivity index (χ0v) is 18.6. The number of aliphatic imine (C=N–C) groups is 1. The first-order chi connectivity index (χ1) is 11.5. The normalized spacial score (nSPS) is 10.7. The summed E-state index contributed by atoms with van der Waals surface area (Å²) in [5.74, 6) is 0.778. The Kier molecular flexibility index (Phi) is 13.2. The molecule has 0 aliphatic heterocycles. The number of hydrogen-bond acceptors (Lipinski definition) is 3. The smallest absolute Gasteiger partial charge is 0.241 e. The Balaban J connectivity index is 0.00000576. The second-order valence-electron chi connectivity index (χ2n) is 4.62. The summed E-state index contributed by atoms with van der Waals surface area (Å²) in [6.45, 7) is 5.87. The fourth-order valence-electron chi connectivity index (χ4n) is 1.74. The molecule has 10 heteroatoms. The molecule has 6 nitrogen and oxygen atoms in total. The van der Waals surface area contributed by atoms with Crippen LogP contribution in [-0.2, 0) is 4.79 Å². The Morgan fingerprint density at radius 1 is 1.08 bits per heavy atom. The van der Waals surface area contributed by atoms with Gasteiger partial charge < -0.3 is 20.7 Å². The Morgan fingerprint density at radius 3 is 2.24 bits per heavy atom. The summed E-state index contributed by atoms with van der Waals surface area (Å²) < 4.78 is 5.57. The molecule has 0 fully saturated rings. The van der Waals surface area contributed by atoms with Gasteiger partial charge in [-0.05, 0) is 26.0 Å². The van der Waals surface area contributed by atoms with E-state index in [-0.39, 0.29) is 36.4 Å². The van der Waals surface area contributed by atoms with Crippen LogP contribution in [0.25, 0.3) is 0 Å². The molecule has 1 amide bonds. The maximum Gasteiger partial charge on any atom is 0.241 e. The quantitative estimate of drug-likeness (QED) is 0.212. The fourth-order valence-corrected chi connectivity index (χ4v) is 2.66. The van der Waals surface area contributed by atoms with E-state index in [0.29, 0.717) is 53.0 Å². The molecule has 0 saturated heterocycles. The molecule has 25 heavy (non-hydrogen) atoms. The minimum atomic E-state index is -0.134. The Labute approximate surface area is 180 Å². The van der Waals surface area contributed by atoms with Crippen LogP contribution in [0.15, 0.2) is 17.1 Å². The lowest BCUT2D eigenvalue weighted by Crippen LogP contribution is -2.40. The zero-order valence-electron chi connectivity index (χ0n) is 14.0. The van der Waals surface area contributed by atoms with Gasteiger partial charge in [0.15, 0.2) is 11.7 Å². The van der Waals surface area contributed by atoms with Gasteiger partial charge in [-0.25, -0.2) is 4.99 Å². The van der Waals surface area contributed by atoms with E-state index in [1.54, 1.807) is 12.1 Å². The maximum absolute atomic E-state index is 11.4. The summed E-state index contributed by atoms with van der Waals surface area (Å²) >= 11 is 17.9. The molecule has 0 heterocycles. The average molecular weight is 524 g/mol. The Hall–Kier alpha value is -0.640. The van der Waals surface area contributed by atoms with Crippen molar-refractivity contribution in [2.45, 2.75) is 13.8 Å². The number of ether oxygens (including phenoxy) is 1. The highest BCUT2D eigenvalue weighted by Crippen LogP contribution is 2.35. The van der Waals surface area contributed by atoms with Crippen LogP contribution in [-0.4, -0.2) is 44.7 Å². The molecule has 0 bridgehead atoms. The summed E-state index contributed by atoms with van der Waals surface area (Å²) in [5.41, 5.74) is 0. The van der Waals surface area contributed by atoms with Crippen LogP contribution in [0.1, 0.15) is 13.8 Å². The number of likely N-dealkylation sites (N-methyl/N-ethyl adjacent to an activating group) is 1. The SMILES string of the molecule is CCNC(=O)CN=C(NCC)NCCOc1c(Cl)cc(Cl)cc1Cl.I. The van der Waals surface area contributed by atoms with Crippen LogP contribution < -0.4 is 20.7 Å². The first-order valence-corrected chi connectivity index (χ1v) is 8.67. The molecule has 0 aliphatic rings. The van der Waals surface area contributed by atoms with Gasteiger partial charge in [0.05, 0.1) is 16.6 Å². The van der Waals surface area contributed by atoms with E-state index in [0.717, 1.165) is 0 Å². The largest absolute Gasteiger partial charge is 0.489 e. The van der Waals surface area contributed by atoms with E-state index in [1.807, 2.05) is 13.8 Å². The third kappa shape index (κ3) is 9.58. The standard InChI is InChI=1S/C15H21Cl3N4O2.HI/c1-3-19-13(23)9-22-15(20-4-2)21-5-6-24-14-11(17)7-10(16)8-12(14)18;/h7-8H,3-6,9H2,1-2H3,(H,19,23)(H2,20,21,22);1H. The second kappa shape index (κ2) is 13.5. The number of nitrogens with zero attached hydrogens (tertiary/aromatic N) is 1. The molecule has 1 rings (SSSR count). The summed E-state index contributed by atoms with van der Waals surface area (Å²) in [4.78, 5) is 15.6. The van der Waals surface area contributed by atoms with E-state index < -0.39 is 0 Å². The molecule has 0 saturated carbocycles. The van der Waals surface area contributed by atoms with E-state index in [2.05, 4.69) is 20.9 Å². The number of guanidine groups is 1. The van der Waals surface area contributed by atoms with Gasteiger partial charge in [-0.15, -0.1) is 24.0 Å². The molecule has 1 aromatic carbocycles. The minimum absolute atomic E-state index is 0. The third-order valence-corrected chi connectivity index (χ3v) is 3.48. The van der Waals surface area contributed by atoms with E-state index >= 15 is 0 Å². The predicted octanol–water partition coefficient (Wildman–Crippen LogP) is 3.33. The van der Waals surface area contributed by atoms with Gasteiger partial charge in [-0.3, -0.25) is 4.79 Å². The zero-order chi connectivity index (χ0) is 17.9. The molecule has 0 aliphatic carbocycles. The van der Waals surface area contributed by atoms with E-state index in [9.17, 15) is 4.79 Å². The molecule has 1 aromatic rings. The number of halogens is 4. The topological polar surface area (TPSA) is 74.8 Å². The van der Waals surface area contributed by atoms with Crippen LogP contribution in [0.4, 0.5) is 0 Å².